The molecule has 0 spiro atoms. The van der Waals surface area contributed by atoms with Gasteiger partial charge in [-0.1, -0.05) is 19.8 Å². The van der Waals surface area contributed by atoms with Crippen molar-refractivity contribution in [2.45, 2.75) is 51.5 Å². The summed E-state index contributed by atoms with van der Waals surface area (Å²) >= 11 is 2.04. The largest absolute Gasteiger partial charge is 0.302 e. The molecule has 1 unspecified atom stereocenters. The van der Waals surface area contributed by atoms with Gasteiger partial charge in [0.2, 0.25) is 0 Å². The lowest BCUT2D eigenvalue weighted by Gasteiger charge is -2.11. The number of hydrogen-bond donors (Lipinski definition) is 1. The Bertz CT molecular complexity index is 206. The third kappa shape index (κ3) is 5.77. The summed E-state index contributed by atoms with van der Waals surface area (Å²) in [4.78, 5) is 0. The Kier molecular flexibility index (Phi) is 7.71. The lowest BCUT2D eigenvalue weighted by atomic mass is 10.1. The SMILES string of the molecule is CCCNC(C#N)CCSCC1CCCC1. The topological polar surface area (TPSA) is 35.8 Å². The van der Waals surface area contributed by atoms with Gasteiger partial charge in [0, 0.05) is 0 Å². The first-order valence-corrected chi connectivity index (χ1v) is 7.73. The van der Waals surface area contributed by atoms with Crippen LogP contribution in [0.2, 0.25) is 0 Å². The second-order valence-electron chi connectivity index (χ2n) is 4.65. The second kappa shape index (κ2) is 8.90. The zero-order valence-corrected chi connectivity index (χ0v) is 11.2. The van der Waals surface area contributed by atoms with Gasteiger partial charge in [0.1, 0.15) is 0 Å². The fourth-order valence-electron chi connectivity index (χ4n) is 2.16. The van der Waals surface area contributed by atoms with Crippen LogP contribution in [-0.2, 0) is 0 Å². The maximum atomic E-state index is 8.94. The molecular weight excluding hydrogens is 216 g/mol. The van der Waals surface area contributed by atoms with Gasteiger partial charge in [-0.15, -0.1) is 0 Å². The van der Waals surface area contributed by atoms with Crippen molar-refractivity contribution in [2.24, 2.45) is 5.92 Å². The van der Waals surface area contributed by atoms with Crippen LogP contribution < -0.4 is 5.32 Å². The predicted molar refractivity (Wildman–Crippen MR) is 71.6 cm³/mol. The van der Waals surface area contributed by atoms with Crippen molar-refractivity contribution in [3.05, 3.63) is 0 Å². The van der Waals surface area contributed by atoms with E-state index in [0.717, 1.165) is 31.1 Å². The van der Waals surface area contributed by atoms with Crippen LogP contribution in [0.25, 0.3) is 0 Å². The highest BCUT2D eigenvalue weighted by atomic mass is 32.2. The van der Waals surface area contributed by atoms with Gasteiger partial charge in [0.05, 0.1) is 12.1 Å². The van der Waals surface area contributed by atoms with Crippen LogP contribution in [0.15, 0.2) is 0 Å². The minimum absolute atomic E-state index is 0.0658. The fourth-order valence-corrected chi connectivity index (χ4v) is 3.39. The van der Waals surface area contributed by atoms with Crippen LogP contribution >= 0.6 is 11.8 Å². The van der Waals surface area contributed by atoms with E-state index < -0.39 is 0 Å². The van der Waals surface area contributed by atoms with Crippen LogP contribution in [0, 0.1) is 17.2 Å². The lowest BCUT2D eigenvalue weighted by molar-refractivity contribution is 0.584. The molecule has 1 aliphatic rings. The zero-order valence-electron chi connectivity index (χ0n) is 10.4. The van der Waals surface area contributed by atoms with Crippen molar-refractivity contribution in [3.63, 3.8) is 0 Å². The summed E-state index contributed by atoms with van der Waals surface area (Å²) in [6.07, 6.45) is 7.83. The molecule has 0 saturated heterocycles. The molecule has 0 aromatic rings. The zero-order chi connectivity index (χ0) is 11.6. The fraction of sp³-hybridized carbons (Fsp3) is 0.923. The van der Waals surface area contributed by atoms with E-state index in [-0.39, 0.29) is 6.04 Å². The number of rotatable bonds is 8. The molecule has 1 fully saturated rings. The highest BCUT2D eigenvalue weighted by molar-refractivity contribution is 7.99. The first kappa shape index (κ1) is 13.9. The smallest absolute Gasteiger partial charge is 0.0960 e. The first-order valence-electron chi connectivity index (χ1n) is 6.57. The van der Waals surface area contributed by atoms with Crippen LogP contribution in [-0.4, -0.2) is 24.1 Å². The molecular formula is C13H24N2S. The van der Waals surface area contributed by atoms with E-state index in [9.17, 15) is 0 Å². The van der Waals surface area contributed by atoms with Crippen molar-refractivity contribution in [1.29, 1.82) is 5.26 Å². The summed E-state index contributed by atoms with van der Waals surface area (Å²) in [5.41, 5.74) is 0. The van der Waals surface area contributed by atoms with Crippen LogP contribution in [0.1, 0.15) is 45.4 Å². The van der Waals surface area contributed by atoms with Crippen molar-refractivity contribution < 1.29 is 0 Å². The quantitative estimate of drug-likeness (QED) is 0.662. The predicted octanol–water partition coefficient (Wildman–Crippen LogP) is 3.19. The van der Waals surface area contributed by atoms with Gasteiger partial charge in [-0.05, 0) is 49.7 Å². The molecule has 0 bridgehead atoms. The molecule has 0 aliphatic heterocycles. The molecule has 0 amide bonds. The van der Waals surface area contributed by atoms with Crippen molar-refractivity contribution in [3.8, 4) is 6.07 Å². The third-order valence-electron chi connectivity index (χ3n) is 3.18. The average molecular weight is 240 g/mol. The van der Waals surface area contributed by atoms with E-state index in [4.69, 9.17) is 5.26 Å². The molecule has 0 aromatic carbocycles. The molecule has 1 aliphatic carbocycles. The maximum Gasteiger partial charge on any atom is 0.0960 e. The highest BCUT2D eigenvalue weighted by Crippen LogP contribution is 2.28. The molecule has 0 aromatic heterocycles. The van der Waals surface area contributed by atoms with E-state index >= 15 is 0 Å². The molecule has 1 saturated carbocycles. The van der Waals surface area contributed by atoms with Gasteiger partial charge in [-0.3, -0.25) is 0 Å². The Morgan fingerprint density at radius 1 is 1.44 bits per heavy atom. The lowest BCUT2D eigenvalue weighted by Crippen LogP contribution is -2.28. The standard InChI is InChI=1S/C13H24N2S/c1-2-8-15-13(10-14)7-9-16-11-12-5-3-4-6-12/h12-13,15H,2-9,11H2,1H3. The summed E-state index contributed by atoms with van der Waals surface area (Å²) in [6, 6.07) is 2.41. The van der Waals surface area contributed by atoms with Crippen molar-refractivity contribution in [2.75, 3.05) is 18.1 Å². The molecule has 1 atom stereocenters. The monoisotopic (exact) mass is 240 g/mol. The Balaban J connectivity index is 1.97. The van der Waals surface area contributed by atoms with E-state index in [0.29, 0.717) is 0 Å². The van der Waals surface area contributed by atoms with E-state index in [1.807, 2.05) is 11.8 Å². The summed E-state index contributed by atoms with van der Waals surface area (Å²) < 4.78 is 0. The Morgan fingerprint density at radius 3 is 2.81 bits per heavy atom. The molecule has 1 N–H and O–H groups in total. The highest BCUT2D eigenvalue weighted by Gasteiger charge is 2.14. The summed E-state index contributed by atoms with van der Waals surface area (Å²) in [7, 11) is 0. The molecule has 92 valence electrons. The Labute approximate surface area is 104 Å². The van der Waals surface area contributed by atoms with Gasteiger partial charge in [-0.2, -0.15) is 17.0 Å². The summed E-state index contributed by atoms with van der Waals surface area (Å²) in [5, 5.41) is 12.2. The summed E-state index contributed by atoms with van der Waals surface area (Å²) in [6.45, 7) is 3.10. The third-order valence-corrected chi connectivity index (χ3v) is 4.41. The molecule has 16 heavy (non-hydrogen) atoms. The number of thioether (sulfide) groups is 1. The Hall–Kier alpha value is -0.200. The second-order valence-corrected chi connectivity index (χ2v) is 5.80. The number of hydrogen-bond acceptors (Lipinski definition) is 3. The van der Waals surface area contributed by atoms with Gasteiger partial charge >= 0.3 is 0 Å². The van der Waals surface area contributed by atoms with E-state index in [1.54, 1.807) is 0 Å². The molecule has 1 rings (SSSR count). The van der Waals surface area contributed by atoms with Crippen LogP contribution in [0.5, 0.6) is 0 Å². The van der Waals surface area contributed by atoms with E-state index in [1.165, 1.54) is 31.4 Å². The minimum Gasteiger partial charge on any atom is -0.302 e. The van der Waals surface area contributed by atoms with Gasteiger partial charge < -0.3 is 5.32 Å². The minimum atomic E-state index is 0.0658. The Morgan fingerprint density at radius 2 is 2.19 bits per heavy atom. The molecule has 2 nitrogen and oxygen atoms in total. The normalized spacial score (nSPS) is 18.5. The molecule has 0 radical (unpaired) electrons. The number of nitrogens with one attached hydrogen (secondary N) is 1. The molecule has 3 heteroatoms. The number of nitrogens with zero attached hydrogens (tertiary/aromatic N) is 1. The van der Waals surface area contributed by atoms with Gasteiger partial charge in [0.15, 0.2) is 0 Å². The average Bonchev–Trinajstić information content (AvgIpc) is 2.81. The number of nitriles is 1. The first-order chi connectivity index (χ1) is 7.86. The molecule has 0 heterocycles. The van der Waals surface area contributed by atoms with Gasteiger partial charge in [0.25, 0.3) is 0 Å². The van der Waals surface area contributed by atoms with E-state index in [2.05, 4.69) is 18.3 Å². The summed E-state index contributed by atoms with van der Waals surface area (Å²) in [5.74, 6) is 3.41. The van der Waals surface area contributed by atoms with Crippen LogP contribution in [0.4, 0.5) is 0 Å². The van der Waals surface area contributed by atoms with Crippen molar-refractivity contribution >= 4 is 11.8 Å². The van der Waals surface area contributed by atoms with Crippen LogP contribution in [0.3, 0.4) is 0 Å². The maximum absolute atomic E-state index is 8.94. The van der Waals surface area contributed by atoms with Gasteiger partial charge in [-0.25, -0.2) is 0 Å². The van der Waals surface area contributed by atoms with Crippen molar-refractivity contribution in [1.82, 2.24) is 5.32 Å².